The van der Waals surface area contributed by atoms with Crippen LogP contribution >= 0.6 is 34.0 Å². The van der Waals surface area contributed by atoms with Gasteiger partial charge in [0.15, 0.2) is 0 Å². The highest BCUT2D eigenvalue weighted by atomic mass is 32.1. The van der Waals surface area contributed by atoms with Gasteiger partial charge in [-0.3, -0.25) is 0 Å². The van der Waals surface area contributed by atoms with Crippen molar-refractivity contribution < 1.29 is 60.3 Å². The molecule has 30 rings (SSSR count). The second-order valence-electron chi connectivity index (χ2n) is 34.0. The van der Waals surface area contributed by atoms with Gasteiger partial charge < -0.3 is 0 Å². The lowest BCUT2D eigenvalue weighted by atomic mass is 9.84. The molecule has 654 valence electrons. The molecule has 0 amide bonds. The Hall–Kier alpha value is -17.3. The predicted molar refractivity (Wildman–Crippen MR) is 617 cm³/mol. The second-order valence-corrected chi connectivity index (χ2v) is 37.2. The summed E-state index contributed by atoms with van der Waals surface area (Å²) in [5.74, 6) is 0. The molecule has 0 aliphatic heterocycles. The number of hydrogen-bond acceptors (Lipinski definition) is 3. The summed E-state index contributed by atoms with van der Waals surface area (Å²) in [5, 5.41) is 9.05. The molecule has 0 spiro atoms. The van der Waals surface area contributed by atoms with Crippen LogP contribution in [0.4, 0.5) is 0 Å². The molecule has 3 aromatic heterocycles. The maximum atomic E-state index is 9.62. The van der Waals surface area contributed by atoms with E-state index in [4.69, 9.17) is 32.9 Å². The van der Waals surface area contributed by atoms with E-state index in [-0.39, 0.29) is 122 Å². The molecule has 0 aliphatic carbocycles. The van der Waals surface area contributed by atoms with E-state index in [9.17, 15) is 27.4 Å². The van der Waals surface area contributed by atoms with E-state index in [1.165, 1.54) is 56.5 Å². The van der Waals surface area contributed by atoms with Crippen LogP contribution in [0.1, 0.15) is 60.3 Å². The van der Waals surface area contributed by atoms with Crippen LogP contribution in [0.25, 0.3) is 290 Å². The van der Waals surface area contributed by atoms with Crippen molar-refractivity contribution in [2.45, 2.75) is 0 Å². The average Bonchev–Trinajstić information content (AvgIpc) is 1.07. The summed E-state index contributed by atoms with van der Waals surface area (Å²) >= 11 is 4.20. The van der Waals surface area contributed by atoms with Gasteiger partial charge >= 0.3 is 0 Å². The number of benzene rings is 27. The van der Waals surface area contributed by atoms with Gasteiger partial charge in [-0.15, -0.1) is 34.0 Å². The van der Waals surface area contributed by atoms with Crippen molar-refractivity contribution in [2.24, 2.45) is 0 Å². The molecule has 0 saturated heterocycles. The van der Waals surface area contributed by atoms with Crippen LogP contribution in [0.5, 0.6) is 0 Å². The predicted octanol–water partition coefficient (Wildman–Crippen LogP) is 41.0. The first-order valence-corrected chi connectivity index (χ1v) is 47.4. The van der Waals surface area contributed by atoms with Crippen molar-refractivity contribution in [1.82, 2.24) is 0 Å². The van der Waals surface area contributed by atoms with Gasteiger partial charge in [-0.25, -0.2) is 0 Å². The first kappa shape index (κ1) is 49.1. The molecule has 0 aliphatic rings. The van der Waals surface area contributed by atoms with Crippen molar-refractivity contribution in [3.05, 3.63) is 509 Å². The van der Waals surface area contributed by atoms with E-state index in [0.717, 1.165) is 49.2 Å². The third kappa shape index (κ3) is 14.0. The Labute approximate surface area is 888 Å². The van der Waals surface area contributed by atoms with Crippen LogP contribution in [0.3, 0.4) is 0 Å². The maximum absolute atomic E-state index is 9.62. The standard InChI is InChI=1S/3C46H28S/c1-2-13-32-28-44-42(26-31(32)12-1)41-27-33(23-24-43(41)47-44)30-15-9-16-34(25-30)45-37-18-5-7-20-39(37)46(40-21-8-6-19-38(40)45)36-22-10-14-29-11-3-4-17-35(29)36;2*1-2-12-33-28-44-42(26-32(33)11-1)41-27-34(24-25-43(41)47-44)29-20-22-31(23-21-29)45-37-15-5-7-17-39(37)46(40-18-8-6-16-38(40)45)36-19-9-13-30-10-3-4-14-35(30)36/h3*1-28H/i5D,6D,7D,8D,18D,19D,20D,21D;1D,2D,3D,4D,5D,6D,7D,8D,9D,10D,11D,12D,13D,14D,15D,16D,17D,18D,19D,20D,21D,22D,23D,24D,25D,26D,27D,28D;5D,6D,7D,8D,15D,16D,17D,18D. The molecule has 0 radical (unpaired) electrons. The molecule has 27 aromatic carbocycles. The van der Waals surface area contributed by atoms with E-state index < -0.39 is 283 Å². The highest BCUT2D eigenvalue weighted by Crippen LogP contribution is 2.53. The first-order valence-electron chi connectivity index (χ1n) is 67.0. The zero-order valence-corrected chi connectivity index (χ0v) is 75.8. The molecule has 0 fully saturated rings. The fourth-order valence-corrected chi connectivity index (χ4v) is 23.1. The van der Waals surface area contributed by atoms with Crippen LogP contribution < -0.4 is 0 Å². The Morgan fingerprint density at radius 2 is 0.461 bits per heavy atom. The second kappa shape index (κ2) is 33.9. The molecule has 0 N–H and O–H groups in total. The number of fused-ring (bicyclic) bond motifs is 21. The zero-order chi connectivity index (χ0) is 131. The lowest BCUT2D eigenvalue weighted by molar-refractivity contribution is 1.63. The minimum atomic E-state index is -1.08. The summed E-state index contributed by atoms with van der Waals surface area (Å²) in [6.07, 6.45) is 0. The fraction of sp³-hybridized carbons (Fsp3) is 0. The van der Waals surface area contributed by atoms with Crippen molar-refractivity contribution in [2.75, 3.05) is 0 Å². The van der Waals surface area contributed by atoms with E-state index in [2.05, 4.69) is 97.1 Å². The highest BCUT2D eigenvalue weighted by molar-refractivity contribution is 7.26. The summed E-state index contributed by atoms with van der Waals surface area (Å²) in [5.41, 5.74) is 3.05. The van der Waals surface area contributed by atoms with Crippen LogP contribution in [0.2, 0.25) is 0 Å². The minimum Gasteiger partial charge on any atom is -0.135 e. The fourth-order valence-electron chi connectivity index (χ4n) is 19.9. The molecule has 0 bridgehead atoms. The molecule has 141 heavy (non-hydrogen) atoms. The van der Waals surface area contributed by atoms with E-state index in [1.54, 1.807) is 22.7 Å². The van der Waals surface area contributed by atoms with Crippen LogP contribution in [-0.2, 0) is 0 Å². The molecule has 3 heteroatoms. The summed E-state index contributed by atoms with van der Waals surface area (Å²) in [6.45, 7) is 0. The number of thiophene rings is 3. The third-order valence-electron chi connectivity index (χ3n) is 26.2. The van der Waals surface area contributed by atoms with E-state index >= 15 is 0 Å². The SMILES string of the molecule is [2H]c1c([2H])c(-c2c3c([2H])c([2H])c([2H])c([2H])c3c(-c3c([2H])c([2H])c([2H])c4c([2H])c([2H])c([2H])c([2H])c34)c3c([2H])c([2H])c([2H])c([2H])c23)c([2H])c([2H])c1-c1c([2H])c([2H])c2sc3c([2H])c4c([2H])c([2H])c([2H])c([2H])c4c([2H])c3c2c1[2H].[2H]c1c([2H])c([2H])c2c(-c3cccc4ccccc34)c3c([2H])c([2H])c([2H])c([2H])c3c(-c3ccc(-c4ccc5sc6cc7ccccc7cc6c5c4)cc3)c2c1[2H].[2H]c1c([2H])c([2H])c2c(-c3cccc4ccccc34)c3c([2H])c([2H])c([2H])c([2H])c3c(-c3cccc(-c4ccc5sc6cc7ccccc7cc6c5c4)c3)c2c1[2H]. The zero-order valence-electron chi connectivity index (χ0n) is 117. The summed E-state index contributed by atoms with van der Waals surface area (Å²) in [4.78, 5) is 0. The molecule has 3 heterocycles. The molecule has 0 saturated carbocycles. The molecular weight excluding hydrogens is 1750 g/mol. The lowest BCUT2D eigenvalue weighted by Gasteiger charge is -2.19. The molecular formula is C138H84S3. The van der Waals surface area contributed by atoms with Gasteiger partial charge in [-0.2, -0.15) is 0 Å². The Kier molecular flexibility index (Phi) is 11.8. The summed E-state index contributed by atoms with van der Waals surface area (Å²) < 4.78 is 402. The van der Waals surface area contributed by atoms with Crippen molar-refractivity contribution in [3.63, 3.8) is 0 Å². The molecule has 30 aromatic rings. The Morgan fingerprint density at radius 1 is 0.128 bits per heavy atom. The van der Waals surface area contributed by atoms with Crippen LogP contribution in [0.15, 0.2) is 509 Å². The summed E-state index contributed by atoms with van der Waals surface area (Å²) in [6, 6.07) is 50.7. The average molecular weight is 1880 g/mol. The van der Waals surface area contributed by atoms with Gasteiger partial charge in [0.25, 0.3) is 0 Å². The highest BCUT2D eigenvalue weighted by Gasteiger charge is 2.25. The molecule has 0 unspecified atom stereocenters. The largest absolute Gasteiger partial charge is 0.135 e. The quantitative estimate of drug-likeness (QED) is 0.126. The molecule has 0 nitrogen and oxygen atoms in total. The van der Waals surface area contributed by atoms with E-state index in [0.29, 0.717) is 55.8 Å². The van der Waals surface area contributed by atoms with Gasteiger partial charge in [0.2, 0.25) is 0 Å². The van der Waals surface area contributed by atoms with Crippen molar-refractivity contribution in [1.29, 1.82) is 0 Å². The Bertz CT molecular complexity index is 13000. The first-order chi connectivity index (χ1) is 88.2. The van der Waals surface area contributed by atoms with Gasteiger partial charge in [0.05, 0.1) is 60.3 Å². The van der Waals surface area contributed by atoms with Crippen molar-refractivity contribution >= 4 is 224 Å². The Balaban J connectivity index is 0.000000128. The smallest absolute Gasteiger partial charge is 0.0644 e. The number of rotatable bonds is 9. The summed E-state index contributed by atoms with van der Waals surface area (Å²) in [7, 11) is 0. The minimum absolute atomic E-state index is 0.0993. The Morgan fingerprint density at radius 3 is 0.965 bits per heavy atom. The van der Waals surface area contributed by atoms with Gasteiger partial charge in [0, 0.05) is 60.5 Å². The van der Waals surface area contributed by atoms with Crippen LogP contribution in [0, 0.1) is 0 Å². The van der Waals surface area contributed by atoms with Gasteiger partial charge in [0.1, 0.15) is 0 Å². The van der Waals surface area contributed by atoms with Gasteiger partial charge in [-0.1, -0.05) is 430 Å². The maximum Gasteiger partial charge on any atom is 0.0644 e. The normalized spacial score (nSPS) is 16.2. The third-order valence-corrected chi connectivity index (χ3v) is 29.5. The van der Waals surface area contributed by atoms with Gasteiger partial charge in [-0.05, 0) is 308 Å². The molecule has 0 atom stereocenters. The number of hydrogen-bond donors (Lipinski definition) is 0. The topological polar surface area (TPSA) is 0 Å². The monoisotopic (exact) mass is 1880 g/mol. The van der Waals surface area contributed by atoms with Crippen LogP contribution in [-0.4, -0.2) is 0 Å². The van der Waals surface area contributed by atoms with Crippen molar-refractivity contribution in [3.8, 4) is 100 Å². The van der Waals surface area contributed by atoms with E-state index in [1.807, 2.05) is 146 Å². The lowest BCUT2D eigenvalue weighted by Crippen LogP contribution is -1.92.